The minimum absolute atomic E-state index is 0.130. The largest absolute Gasteiger partial charge is 0.384 e. The summed E-state index contributed by atoms with van der Waals surface area (Å²) in [5.74, 6) is 0.777. The molecule has 1 fully saturated rings. The third-order valence-electron chi connectivity index (χ3n) is 2.98. The third kappa shape index (κ3) is 3.43. The van der Waals surface area contributed by atoms with Crippen LogP contribution in [0.25, 0.3) is 0 Å². The monoisotopic (exact) mass is 313 g/mol. The van der Waals surface area contributed by atoms with E-state index >= 15 is 0 Å². The van der Waals surface area contributed by atoms with Crippen molar-refractivity contribution in [3.05, 3.63) is 22.3 Å². The molecule has 0 aliphatic carbocycles. The van der Waals surface area contributed by atoms with Crippen molar-refractivity contribution < 1.29 is 9.53 Å². The van der Waals surface area contributed by atoms with Crippen LogP contribution in [0.1, 0.15) is 23.2 Å². The van der Waals surface area contributed by atoms with E-state index in [4.69, 9.17) is 10.5 Å². The number of nitrogen functional groups attached to an aromatic ring is 1. The Hall–Kier alpha value is -1.14. The molecule has 0 bridgehead atoms. The average Bonchev–Trinajstić information content (AvgIpc) is 2.85. The lowest BCUT2D eigenvalue weighted by molar-refractivity contribution is 0.0949. The number of nitrogens with one attached hydrogen (secondary N) is 1. The second-order valence-corrected chi connectivity index (χ2v) is 5.22. The van der Waals surface area contributed by atoms with Crippen molar-refractivity contribution in [2.45, 2.75) is 12.8 Å². The summed E-state index contributed by atoms with van der Waals surface area (Å²) in [6.45, 7) is 2.30. The van der Waals surface area contributed by atoms with Crippen LogP contribution in [0.5, 0.6) is 0 Å². The fourth-order valence-electron chi connectivity index (χ4n) is 1.92. The quantitative estimate of drug-likeness (QED) is 0.884. The van der Waals surface area contributed by atoms with Crippen molar-refractivity contribution >= 4 is 27.7 Å². The molecule has 18 heavy (non-hydrogen) atoms. The van der Waals surface area contributed by atoms with Gasteiger partial charge in [0.2, 0.25) is 0 Å². The molecule has 1 aliphatic heterocycles. The van der Waals surface area contributed by atoms with Gasteiger partial charge < -0.3 is 15.8 Å². The van der Waals surface area contributed by atoms with Crippen molar-refractivity contribution in [1.82, 2.24) is 10.3 Å². The molecule has 2 rings (SSSR count). The Morgan fingerprint density at radius 2 is 2.50 bits per heavy atom. The van der Waals surface area contributed by atoms with Crippen LogP contribution in [0.4, 0.5) is 5.82 Å². The highest BCUT2D eigenvalue weighted by Gasteiger charge is 2.16. The Morgan fingerprint density at radius 1 is 1.67 bits per heavy atom. The molecule has 0 radical (unpaired) electrons. The number of carbonyl (C=O) groups is 1. The second-order valence-electron chi connectivity index (χ2n) is 4.36. The third-order valence-corrected chi connectivity index (χ3v) is 3.62. The molecule has 6 heteroatoms. The zero-order valence-electron chi connectivity index (χ0n) is 9.99. The number of hydrogen-bond donors (Lipinski definition) is 2. The fourth-order valence-corrected chi connectivity index (χ4v) is 2.32. The number of amides is 1. The number of pyridine rings is 1. The predicted molar refractivity (Wildman–Crippen MR) is 72.2 cm³/mol. The number of nitrogens with zero attached hydrogens (tertiary/aromatic N) is 1. The Labute approximate surface area is 114 Å². The highest BCUT2D eigenvalue weighted by molar-refractivity contribution is 9.10. The molecule has 1 amide bonds. The van der Waals surface area contributed by atoms with E-state index in [2.05, 4.69) is 26.2 Å². The van der Waals surface area contributed by atoms with Crippen molar-refractivity contribution in [2.75, 3.05) is 25.5 Å². The molecule has 1 aliphatic rings. The van der Waals surface area contributed by atoms with Gasteiger partial charge in [-0.15, -0.1) is 0 Å². The van der Waals surface area contributed by atoms with Gasteiger partial charge in [-0.3, -0.25) is 4.79 Å². The van der Waals surface area contributed by atoms with Gasteiger partial charge in [0.1, 0.15) is 5.82 Å². The molecule has 1 saturated heterocycles. The maximum absolute atomic E-state index is 11.9. The van der Waals surface area contributed by atoms with Crippen molar-refractivity contribution in [1.29, 1.82) is 0 Å². The van der Waals surface area contributed by atoms with Gasteiger partial charge in [0, 0.05) is 30.4 Å². The summed E-state index contributed by atoms with van der Waals surface area (Å²) >= 11 is 3.29. The first kappa shape index (κ1) is 13.3. The van der Waals surface area contributed by atoms with Gasteiger partial charge >= 0.3 is 0 Å². The maximum Gasteiger partial charge on any atom is 0.252 e. The van der Waals surface area contributed by atoms with Crippen LogP contribution in [-0.2, 0) is 4.74 Å². The number of anilines is 1. The molecule has 0 aromatic carbocycles. The maximum atomic E-state index is 11.9. The molecule has 1 unspecified atom stereocenters. The molecular formula is C12H16BrN3O2. The first-order valence-corrected chi connectivity index (χ1v) is 6.73. The summed E-state index contributed by atoms with van der Waals surface area (Å²) in [6.07, 6.45) is 3.57. The number of nitrogens with two attached hydrogens (primary N) is 1. The highest BCUT2D eigenvalue weighted by Crippen LogP contribution is 2.18. The second kappa shape index (κ2) is 6.15. The van der Waals surface area contributed by atoms with Gasteiger partial charge in [-0.1, -0.05) is 0 Å². The molecular weight excluding hydrogens is 298 g/mol. The Bertz CT molecular complexity index is 433. The van der Waals surface area contributed by atoms with Crippen LogP contribution in [-0.4, -0.2) is 30.6 Å². The van der Waals surface area contributed by atoms with E-state index in [1.165, 1.54) is 6.20 Å². The molecule has 98 valence electrons. The lowest BCUT2D eigenvalue weighted by Crippen LogP contribution is -2.26. The minimum atomic E-state index is -0.130. The molecule has 1 aromatic heterocycles. The van der Waals surface area contributed by atoms with Crippen LogP contribution < -0.4 is 11.1 Å². The summed E-state index contributed by atoms with van der Waals surface area (Å²) in [6, 6.07) is 1.57. The number of aromatic nitrogens is 1. The smallest absolute Gasteiger partial charge is 0.252 e. The number of halogens is 1. The van der Waals surface area contributed by atoms with Crippen LogP contribution in [0.15, 0.2) is 16.7 Å². The topological polar surface area (TPSA) is 77.2 Å². The standard InChI is InChI=1S/C12H16BrN3O2/c13-10-6-16-11(14)5-9(10)12(17)15-3-1-8-2-4-18-7-8/h5-6,8H,1-4,7H2,(H2,14,16)(H,15,17). The van der Waals surface area contributed by atoms with Crippen LogP contribution in [0.3, 0.4) is 0 Å². The summed E-state index contributed by atoms with van der Waals surface area (Å²) < 4.78 is 5.94. The summed E-state index contributed by atoms with van der Waals surface area (Å²) in [4.78, 5) is 15.8. The van der Waals surface area contributed by atoms with Gasteiger partial charge in [-0.25, -0.2) is 4.98 Å². The zero-order chi connectivity index (χ0) is 13.0. The van der Waals surface area contributed by atoms with E-state index in [0.29, 0.717) is 28.3 Å². The van der Waals surface area contributed by atoms with Gasteiger partial charge in [0.05, 0.1) is 5.56 Å². The van der Waals surface area contributed by atoms with E-state index < -0.39 is 0 Å². The van der Waals surface area contributed by atoms with Crippen molar-refractivity contribution in [3.8, 4) is 0 Å². The Balaban J connectivity index is 1.85. The number of rotatable bonds is 4. The molecule has 5 nitrogen and oxygen atoms in total. The Morgan fingerprint density at radius 3 is 3.22 bits per heavy atom. The van der Waals surface area contributed by atoms with E-state index in [9.17, 15) is 4.79 Å². The lowest BCUT2D eigenvalue weighted by atomic mass is 10.1. The van der Waals surface area contributed by atoms with Gasteiger partial charge in [0.15, 0.2) is 0 Å². The average molecular weight is 314 g/mol. The predicted octanol–water partition coefficient (Wildman–Crippen LogP) is 1.58. The summed E-state index contributed by atoms with van der Waals surface area (Å²) in [7, 11) is 0. The number of carbonyl (C=O) groups excluding carboxylic acids is 1. The van der Waals surface area contributed by atoms with Gasteiger partial charge in [-0.2, -0.15) is 0 Å². The molecule has 0 spiro atoms. The van der Waals surface area contributed by atoms with E-state index in [1.807, 2.05) is 0 Å². The molecule has 3 N–H and O–H groups in total. The molecule has 1 aromatic rings. The first-order valence-electron chi connectivity index (χ1n) is 5.94. The minimum Gasteiger partial charge on any atom is -0.384 e. The molecule has 2 heterocycles. The number of ether oxygens (including phenoxy) is 1. The normalized spacial score (nSPS) is 18.8. The summed E-state index contributed by atoms with van der Waals surface area (Å²) in [5.41, 5.74) is 6.08. The van der Waals surface area contributed by atoms with E-state index in [0.717, 1.165) is 26.1 Å². The summed E-state index contributed by atoms with van der Waals surface area (Å²) in [5, 5.41) is 2.89. The molecule has 0 saturated carbocycles. The SMILES string of the molecule is Nc1cc(C(=O)NCCC2CCOC2)c(Br)cn1. The van der Waals surface area contributed by atoms with Gasteiger partial charge in [-0.05, 0) is 40.8 Å². The zero-order valence-corrected chi connectivity index (χ0v) is 11.6. The van der Waals surface area contributed by atoms with Crippen molar-refractivity contribution in [3.63, 3.8) is 0 Å². The van der Waals surface area contributed by atoms with E-state index in [1.54, 1.807) is 6.07 Å². The highest BCUT2D eigenvalue weighted by atomic mass is 79.9. The van der Waals surface area contributed by atoms with Crippen molar-refractivity contribution in [2.24, 2.45) is 5.92 Å². The van der Waals surface area contributed by atoms with Crippen LogP contribution in [0, 0.1) is 5.92 Å². The van der Waals surface area contributed by atoms with Crippen LogP contribution >= 0.6 is 15.9 Å². The Kier molecular flexibility index (Phi) is 4.54. The van der Waals surface area contributed by atoms with E-state index in [-0.39, 0.29) is 5.91 Å². The first-order chi connectivity index (χ1) is 8.66. The molecule has 1 atom stereocenters. The van der Waals surface area contributed by atoms with Crippen LogP contribution in [0.2, 0.25) is 0 Å². The fraction of sp³-hybridized carbons (Fsp3) is 0.500. The lowest BCUT2D eigenvalue weighted by Gasteiger charge is -2.09. The number of hydrogen-bond acceptors (Lipinski definition) is 4. The van der Waals surface area contributed by atoms with Gasteiger partial charge in [0.25, 0.3) is 5.91 Å².